The lowest BCUT2D eigenvalue weighted by atomic mass is 9.82. The van der Waals surface area contributed by atoms with Gasteiger partial charge < -0.3 is 14.8 Å². The maximum absolute atomic E-state index is 13.6. The van der Waals surface area contributed by atoms with E-state index in [4.69, 9.17) is 19.6 Å². The first-order valence-corrected chi connectivity index (χ1v) is 15.2. The third-order valence-corrected chi connectivity index (χ3v) is 9.50. The second kappa shape index (κ2) is 10.5. The van der Waals surface area contributed by atoms with Crippen LogP contribution in [-0.4, -0.2) is 47.5 Å². The number of nitrogens with zero attached hydrogens (tertiary/aromatic N) is 4. The van der Waals surface area contributed by atoms with Crippen molar-refractivity contribution in [3.8, 4) is 22.8 Å². The van der Waals surface area contributed by atoms with Crippen LogP contribution < -0.4 is 14.8 Å². The number of hydrogen-bond acceptors (Lipinski definition) is 7. The maximum atomic E-state index is 13.6. The molecule has 0 saturated heterocycles. The van der Waals surface area contributed by atoms with Gasteiger partial charge in [-0.25, -0.2) is 4.98 Å². The monoisotopic (exact) mass is 579 g/mol. The van der Waals surface area contributed by atoms with Gasteiger partial charge >= 0.3 is 0 Å². The van der Waals surface area contributed by atoms with Gasteiger partial charge in [-0.3, -0.25) is 9.48 Å². The molecule has 1 amide bonds. The van der Waals surface area contributed by atoms with Gasteiger partial charge in [-0.1, -0.05) is 30.3 Å². The van der Waals surface area contributed by atoms with Gasteiger partial charge in [-0.05, 0) is 74.8 Å². The molecule has 9 nitrogen and oxygen atoms in total. The Hall–Kier alpha value is -4.27. The molecule has 0 unspecified atom stereocenters. The highest BCUT2D eigenvalue weighted by atomic mass is 16.5. The van der Waals surface area contributed by atoms with Gasteiger partial charge in [0.2, 0.25) is 0 Å². The van der Waals surface area contributed by atoms with Gasteiger partial charge in [0.15, 0.2) is 0 Å². The number of nitroso groups, excluding NO2 is 1. The van der Waals surface area contributed by atoms with Crippen molar-refractivity contribution in [2.75, 3.05) is 26.8 Å². The number of hydrogen-bond donors (Lipinski definition) is 1. The van der Waals surface area contributed by atoms with Crippen LogP contribution in [0.2, 0.25) is 0 Å². The number of amides is 1. The van der Waals surface area contributed by atoms with Crippen LogP contribution in [0, 0.1) is 24.7 Å². The zero-order valence-electron chi connectivity index (χ0n) is 25.1. The molecule has 1 N–H and O–H groups in total. The summed E-state index contributed by atoms with van der Waals surface area (Å²) in [7, 11) is 1.61. The summed E-state index contributed by atoms with van der Waals surface area (Å²) in [6.07, 6.45) is 6.44. The molecule has 7 rings (SSSR count). The number of pyridine rings is 1. The van der Waals surface area contributed by atoms with Crippen molar-refractivity contribution in [1.82, 2.24) is 20.1 Å². The molecule has 3 heterocycles. The van der Waals surface area contributed by atoms with Crippen molar-refractivity contribution >= 4 is 16.8 Å². The second-order valence-corrected chi connectivity index (χ2v) is 12.8. The second-order valence-electron chi connectivity index (χ2n) is 12.8. The van der Waals surface area contributed by atoms with Gasteiger partial charge in [-0.15, -0.1) is 0 Å². The van der Waals surface area contributed by atoms with Crippen molar-refractivity contribution < 1.29 is 14.3 Å². The Labute approximate surface area is 251 Å². The summed E-state index contributed by atoms with van der Waals surface area (Å²) in [6, 6.07) is 12.4. The zero-order valence-corrected chi connectivity index (χ0v) is 25.1. The lowest BCUT2D eigenvalue weighted by Crippen LogP contribution is -2.30. The summed E-state index contributed by atoms with van der Waals surface area (Å²) in [4.78, 5) is 30.2. The van der Waals surface area contributed by atoms with Crippen molar-refractivity contribution in [2.45, 2.75) is 63.8 Å². The number of carbonyl (C=O) groups is 1. The van der Waals surface area contributed by atoms with E-state index >= 15 is 0 Å². The number of aryl methyl sites for hydroxylation is 1. The Morgan fingerprint density at radius 1 is 1.21 bits per heavy atom. The Bertz CT molecular complexity index is 1760. The summed E-state index contributed by atoms with van der Waals surface area (Å²) in [5.41, 5.74) is 6.81. The number of nitrogens with one attached hydrogen (secondary N) is 1. The van der Waals surface area contributed by atoms with Gasteiger partial charge in [0.25, 0.3) is 5.91 Å². The van der Waals surface area contributed by atoms with Crippen LogP contribution >= 0.6 is 0 Å². The first-order valence-electron chi connectivity index (χ1n) is 15.2. The minimum Gasteiger partial charge on any atom is -0.494 e. The Morgan fingerprint density at radius 2 is 2.02 bits per heavy atom. The number of ether oxygens (including phenoxy) is 2. The van der Waals surface area contributed by atoms with Crippen molar-refractivity contribution in [2.24, 2.45) is 11.1 Å². The number of fused-ring (bicyclic) bond motifs is 2. The molecule has 0 spiro atoms. The van der Waals surface area contributed by atoms with E-state index in [-0.39, 0.29) is 18.4 Å². The van der Waals surface area contributed by atoms with Crippen LogP contribution in [0.4, 0.5) is 0 Å². The van der Waals surface area contributed by atoms with E-state index in [0.717, 1.165) is 70.4 Å². The van der Waals surface area contributed by atoms with Gasteiger partial charge in [0.05, 0.1) is 31.7 Å². The fraction of sp³-hybridized carbons (Fsp3) is 0.441. The minimum atomic E-state index is -0.532. The molecule has 2 fully saturated rings. The van der Waals surface area contributed by atoms with Crippen LogP contribution in [-0.2, 0) is 5.41 Å². The molecule has 2 aromatic carbocycles. The van der Waals surface area contributed by atoms with E-state index in [1.54, 1.807) is 13.2 Å². The van der Waals surface area contributed by atoms with E-state index in [2.05, 4.69) is 42.5 Å². The van der Waals surface area contributed by atoms with E-state index in [0.29, 0.717) is 36.4 Å². The standard InChI is InChI=1S/C34H37N5O4/c1-19-6-5-7-25(20(19)2)31-32-27(34(3,17-36-41)18-43-32)14-28(37-31)26(21-8-9-21)15-35-33(40)22-12-23-16-39(24-10-11-24)38-30(23)29(13-22)42-4/h5-7,12-14,16,21,24,26H,8-11,15,17-18H2,1-4H3,(H,35,40)/t26-,34-/m0/s1. The zero-order chi connectivity index (χ0) is 29.9. The smallest absolute Gasteiger partial charge is 0.251 e. The normalized spacial score (nSPS) is 20.0. The van der Waals surface area contributed by atoms with Crippen LogP contribution in [0.3, 0.4) is 0 Å². The molecule has 2 aromatic heterocycles. The molecular weight excluding hydrogens is 542 g/mol. The largest absolute Gasteiger partial charge is 0.494 e. The van der Waals surface area contributed by atoms with E-state index in [9.17, 15) is 9.70 Å². The maximum Gasteiger partial charge on any atom is 0.251 e. The third kappa shape index (κ3) is 4.94. The number of rotatable bonds is 10. The quantitative estimate of drug-likeness (QED) is 0.218. The van der Waals surface area contributed by atoms with E-state index in [1.165, 1.54) is 5.56 Å². The molecule has 222 valence electrons. The molecule has 2 saturated carbocycles. The number of aromatic nitrogens is 3. The van der Waals surface area contributed by atoms with Gasteiger partial charge in [0.1, 0.15) is 22.7 Å². The predicted molar refractivity (Wildman–Crippen MR) is 165 cm³/mol. The first kappa shape index (κ1) is 27.6. The molecule has 0 bridgehead atoms. The summed E-state index contributed by atoms with van der Waals surface area (Å²) >= 11 is 0. The lowest BCUT2D eigenvalue weighted by molar-refractivity contribution is 0.0950. The predicted octanol–water partition coefficient (Wildman–Crippen LogP) is 6.40. The average molecular weight is 580 g/mol. The molecule has 4 aromatic rings. The molecule has 9 heteroatoms. The fourth-order valence-electron chi connectivity index (χ4n) is 6.36. The van der Waals surface area contributed by atoms with Crippen molar-refractivity contribution in [3.05, 3.63) is 75.4 Å². The summed E-state index contributed by atoms with van der Waals surface area (Å²) < 4.78 is 13.9. The third-order valence-electron chi connectivity index (χ3n) is 9.50. The number of carbonyl (C=O) groups excluding carboxylic acids is 1. The summed E-state index contributed by atoms with van der Waals surface area (Å²) in [6.45, 7) is 7.18. The number of benzene rings is 2. The average Bonchev–Trinajstić information content (AvgIpc) is 3.94. The summed E-state index contributed by atoms with van der Waals surface area (Å²) in [5.74, 6) is 1.62. The van der Waals surface area contributed by atoms with E-state index in [1.807, 2.05) is 29.9 Å². The van der Waals surface area contributed by atoms with Crippen LogP contribution in [0.5, 0.6) is 11.5 Å². The molecule has 2 atom stereocenters. The Balaban J connectivity index is 1.23. The highest BCUT2D eigenvalue weighted by Crippen LogP contribution is 2.49. The number of methoxy groups -OCH3 is 1. The van der Waals surface area contributed by atoms with Crippen molar-refractivity contribution in [1.29, 1.82) is 0 Å². The summed E-state index contributed by atoms with van der Waals surface area (Å²) in [5, 5.41) is 12.1. The van der Waals surface area contributed by atoms with Gasteiger partial charge in [-0.2, -0.15) is 10.0 Å². The fourth-order valence-corrected chi connectivity index (χ4v) is 6.36. The molecule has 1 aliphatic heterocycles. The molecule has 43 heavy (non-hydrogen) atoms. The molecule has 2 aliphatic carbocycles. The first-order chi connectivity index (χ1) is 20.8. The van der Waals surface area contributed by atoms with Crippen LogP contribution in [0.15, 0.2) is 47.8 Å². The Morgan fingerprint density at radius 3 is 2.74 bits per heavy atom. The van der Waals surface area contributed by atoms with Crippen LogP contribution in [0.1, 0.15) is 77.3 Å². The Kier molecular flexibility index (Phi) is 6.71. The van der Waals surface area contributed by atoms with Gasteiger partial charge in [0, 0.05) is 46.4 Å². The molecule has 0 radical (unpaired) electrons. The SMILES string of the molecule is COc1cc(C(=O)NC[C@H](c2cc3c(c(-c4cccc(C)c4C)n2)OC[C@]3(C)CN=O)C2CC2)cc2cn(C3CC3)nc12. The highest BCUT2D eigenvalue weighted by molar-refractivity contribution is 5.99. The lowest BCUT2D eigenvalue weighted by Gasteiger charge is -2.23. The minimum absolute atomic E-state index is 0.0235. The molecule has 3 aliphatic rings. The van der Waals surface area contributed by atoms with Crippen LogP contribution in [0.25, 0.3) is 22.2 Å². The highest BCUT2D eigenvalue weighted by Gasteiger charge is 2.42. The topological polar surface area (TPSA) is 108 Å². The van der Waals surface area contributed by atoms with E-state index < -0.39 is 5.41 Å². The molecular formula is C34H37N5O4. The van der Waals surface area contributed by atoms with Crippen molar-refractivity contribution in [3.63, 3.8) is 0 Å².